The average molecular weight is 350 g/mol. The first-order chi connectivity index (χ1) is 11.6. The minimum absolute atomic E-state index is 0.0891. The molecule has 1 saturated carbocycles. The molecule has 0 spiro atoms. The van der Waals surface area contributed by atoms with Gasteiger partial charge in [-0.1, -0.05) is 18.2 Å². The molecule has 1 fully saturated rings. The Morgan fingerprint density at radius 2 is 1.88 bits per heavy atom. The largest absolute Gasteiger partial charge is 0.352 e. The van der Waals surface area contributed by atoms with Gasteiger partial charge in [0.25, 0.3) is 5.91 Å². The standard InChI is InChI=1S/C18H27N3O2S/c1-24-12-11-16(21-17(22)13-5-3-2-4-6-13)18(23)20-15-9-7-14(19)8-10-15/h2-6,14-16H,7-12,19H2,1H3,(H,20,23)(H,21,22). The number of rotatable bonds is 7. The van der Waals surface area contributed by atoms with E-state index < -0.39 is 6.04 Å². The molecule has 1 aromatic rings. The molecule has 1 aromatic carbocycles. The lowest BCUT2D eigenvalue weighted by Crippen LogP contribution is -2.51. The molecule has 0 radical (unpaired) electrons. The van der Waals surface area contributed by atoms with Crippen molar-refractivity contribution in [3.63, 3.8) is 0 Å². The molecule has 1 aliphatic rings. The zero-order valence-corrected chi connectivity index (χ0v) is 15.0. The van der Waals surface area contributed by atoms with Gasteiger partial charge in [0.05, 0.1) is 0 Å². The molecule has 5 nitrogen and oxygen atoms in total. The van der Waals surface area contributed by atoms with Crippen molar-refractivity contribution < 1.29 is 9.59 Å². The molecule has 1 atom stereocenters. The molecule has 2 rings (SSSR count). The van der Waals surface area contributed by atoms with Gasteiger partial charge in [0.2, 0.25) is 5.91 Å². The molecule has 0 aromatic heterocycles. The van der Waals surface area contributed by atoms with Crippen LogP contribution < -0.4 is 16.4 Å². The Morgan fingerprint density at radius 1 is 1.21 bits per heavy atom. The van der Waals surface area contributed by atoms with E-state index in [1.54, 1.807) is 23.9 Å². The monoisotopic (exact) mass is 349 g/mol. The summed E-state index contributed by atoms with van der Waals surface area (Å²) in [7, 11) is 0. The predicted molar refractivity (Wildman–Crippen MR) is 99.1 cm³/mol. The molecule has 1 unspecified atom stereocenters. The van der Waals surface area contributed by atoms with E-state index in [1.807, 2.05) is 24.5 Å². The van der Waals surface area contributed by atoms with E-state index in [0.29, 0.717) is 12.0 Å². The number of hydrogen-bond donors (Lipinski definition) is 3. The molecule has 0 saturated heterocycles. The number of thioether (sulfide) groups is 1. The predicted octanol–water partition coefficient (Wildman–Crippen LogP) is 1.92. The van der Waals surface area contributed by atoms with Crippen LogP contribution in [0.1, 0.15) is 42.5 Å². The van der Waals surface area contributed by atoms with Gasteiger partial charge in [-0.15, -0.1) is 0 Å². The first-order valence-electron chi connectivity index (χ1n) is 8.51. The van der Waals surface area contributed by atoms with Crippen LogP contribution in [-0.2, 0) is 4.79 Å². The van der Waals surface area contributed by atoms with Crippen LogP contribution in [0.15, 0.2) is 30.3 Å². The highest BCUT2D eigenvalue weighted by Crippen LogP contribution is 2.17. The van der Waals surface area contributed by atoms with E-state index in [9.17, 15) is 9.59 Å². The maximum absolute atomic E-state index is 12.6. The van der Waals surface area contributed by atoms with Gasteiger partial charge >= 0.3 is 0 Å². The van der Waals surface area contributed by atoms with Crippen LogP contribution in [0.4, 0.5) is 0 Å². The molecule has 0 heterocycles. The number of benzene rings is 1. The van der Waals surface area contributed by atoms with Crippen molar-refractivity contribution >= 4 is 23.6 Å². The molecule has 6 heteroatoms. The van der Waals surface area contributed by atoms with Crippen LogP contribution in [0, 0.1) is 0 Å². The molecule has 24 heavy (non-hydrogen) atoms. The van der Waals surface area contributed by atoms with E-state index in [1.165, 1.54) is 0 Å². The van der Waals surface area contributed by atoms with Crippen molar-refractivity contribution in [3.05, 3.63) is 35.9 Å². The molecule has 2 amide bonds. The highest BCUT2D eigenvalue weighted by atomic mass is 32.2. The highest BCUT2D eigenvalue weighted by molar-refractivity contribution is 7.98. The van der Waals surface area contributed by atoms with E-state index >= 15 is 0 Å². The normalized spacial score (nSPS) is 21.8. The number of nitrogens with two attached hydrogens (primary N) is 1. The van der Waals surface area contributed by atoms with Crippen LogP contribution in [0.3, 0.4) is 0 Å². The Bertz CT molecular complexity index is 530. The highest BCUT2D eigenvalue weighted by Gasteiger charge is 2.25. The Hall–Kier alpha value is -1.53. The molecule has 0 bridgehead atoms. The van der Waals surface area contributed by atoms with Crippen molar-refractivity contribution in [1.29, 1.82) is 0 Å². The third kappa shape index (κ3) is 5.83. The third-order valence-corrected chi connectivity index (χ3v) is 5.03. The van der Waals surface area contributed by atoms with Crippen molar-refractivity contribution in [1.82, 2.24) is 10.6 Å². The van der Waals surface area contributed by atoms with Crippen molar-refractivity contribution in [3.8, 4) is 0 Å². The zero-order chi connectivity index (χ0) is 17.4. The molecule has 4 N–H and O–H groups in total. The maximum atomic E-state index is 12.6. The fourth-order valence-electron chi connectivity index (χ4n) is 2.90. The summed E-state index contributed by atoms with van der Waals surface area (Å²) in [6, 6.07) is 8.92. The van der Waals surface area contributed by atoms with Crippen LogP contribution in [0.5, 0.6) is 0 Å². The maximum Gasteiger partial charge on any atom is 0.251 e. The van der Waals surface area contributed by atoms with Gasteiger partial charge in [0, 0.05) is 17.6 Å². The second kappa shape index (κ2) is 9.69. The summed E-state index contributed by atoms with van der Waals surface area (Å²) in [5.74, 6) is 0.527. The van der Waals surface area contributed by atoms with Crippen molar-refractivity contribution in [2.75, 3.05) is 12.0 Å². The first-order valence-corrected chi connectivity index (χ1v) is 9.90. The summed E-state index contributed by atoms with van der Waals surface area (Å²) in [6.45, 7) is 0. The summed E-state index contributed by atoms with van der Waals surface area (Å²) < 4.78 is 0. The van der Waals surface area contributed by atoms with E-state index in [2.05, 4.69) is 10.6 Å². The lowest BCUT2D eigenvalue weighted by Gasteiger charge is -2.28. The Kier molecular flexibility index (Phi) is 7.59. The molecule has 0 aliphatic heterocycles. The summed E-state index contributed by atoms with van der Waals surface area (Å²) in [6.07, 6.45) is 6.32. The van der Waals surface area contributed by atoms with Crippen LogP contribution in [0.2, 0.25) is 0 Å². The second-order valence-electron chi connectivity index (χ2n) is 6.29. The summed E-state index contributed by atoms with van der Waals surface area (Å²) >= 11 is 1.67. The van der Waals surface area contributed by atoms with Crippen LogP contribution in [-0.4, -0.2) is 41.9 Å². The summed E-state index contributed by atoms with van der Waals surface area (Å²) in [5, 5.41) is 5.96. The average Bonchev–Trinajstić information content (AvgIpc) is 2.61. The van der Waals surface area contributed by atoms with Gasteiger partial charge < -0.3 is 16.4 Å². The molecular weight excluding hydrogens is 322 g/mol. The molecule has 1 aliphatic carbocycles. The first kappa shape index (κ1) is 18.8. The summed E-state index contributed by atoms with van der Waals surface area (Å²) in [4.78, 5) is 24.9. The molecular formula is C18H27N3O2S. The minimum atomic E-state index is -0.499. The van der Waals surface area contributed by atoms with E-state index in [-0.39, 0.29) is 23.9 Å². The van der Waals surface area contributed by atoms with Crippen LogP contribution in [0.25, 0.3) is 0 Å². The SMILES string of the molecule is CSCCC(NC(=O)c1ccccc1)C(=O)NC1CCC(N)CC1. The van der Waals surface area contributed by atoms with Gasteiger partial charge in [-0.25, -0.2) is 0 Å². The van der Waals surface area contributed by atoms with Crippen LogP contribution >= 0.6 is 11.8 Å². The number of carbonyl (C=O) groups is 2. The second-order valence-corrected chi connectivity index (χ2v) is 7.28. The van der Waals surface area contributed by atoms with Crippen molar-refractivity contribution in [2.24, 2.45) is 5.73 Å². The topological polar surface area (TPSA) is 84.2 Å². The third-order valence-electron chi connectivity index (χ3n) is 4.39. The number of carbonyl (C=O) groups excluding carboxylic acids is 2. The number of nitrogens with one attached hydrogen (secondary N) is 2. The Morgan fingerprint density at radius 3 is 2.50 bits per heavy atom. The number of amides is 2. The lowest BCUT2D eigenvalue weighted by atomic mass is 9.91. The van der Waals surface area contributed by atoms with Gasteiger partial charge in [-0.3, -0.25) is 9.59 Å². The van der Waals surface area contributed by atoms with Gasteiger partial charge in [-0.2, -0.15) is 11.8 Å². The molecule has 132 valence electrons. The fraction of sp³-hybridized carbons (Fsp3) is 0.556. The zero-order valence-electron chi connectivity index (χ0n) is 14.2. The minimum Gasteiger partial charge on any atom is -0.352 e. The van der Waals surface area contributed by atoms with Gasteiger partial charge in [0.1, 0.15) is 6.04 Å². The Labute approximate surface area is 148 Å². The lowest BCUT2D eigenvalue weighted by molar-refractivity contribution is -0.124. The van der Waals surface area contributed by atoms with E-state index in [4.69, 9.17) is 5.73 Å². The fourth-order valence-corrected chi connectivity index (χ4v) is 3.37. The summed E-state index contributed by atoms with van der Waals surface area (Å²) in [5.41, 5.74) is 6.48. The van der Waals surface area contributed by atoms with E-state index in [0.717, 1.165) is 31.4 Å². The van der Waals surface area contributed by atoms with Gasteiger partial charge in [0.15, 0.2) is 0 Å². The smallest absolute Gasteiger partial charge is 0.251 e. The van der Waals surface area contributed by atoms with Crippen molar-refractivity contribution in [2.45, 2.75) is 50.2 Å². The quantitative estimate of drug-likeness (QED) is 0.702. The number of hydrogen-bond acceptors (Lipinski definition) is 4. The Balaban J connectivity index is 1.93. The van der Waals surface area contributed by atoms with Gasteiger partial charge in [-0.05, 0) is 56.2 Å².